The van der Waals surface area contributed by atoms with Gasteiger partial charge in [-0.1, -0.05) is 6.07 Å². The molecule has 7 heteroatoms. The van der Waals surface area contributed by atoms with E-state index in [0.29, 0.717) is 23.6 Å². The highest BCUT2D eigenvalue weighted by Crippen LogP contribution is 2.16. The summed E-state index contributed by atoms with van der Waals surface area (Å²) in [5.74, 6) is -0.0217. The van der Waals surface area contributed by atoms with Crippen LogP contribution in [-0.4, -0.2) is 26.9 Å². The molecule has 0 saturated carbocycles. The van der Waals surface area contributed by atoms with Crippen molar-refractivity contribution in [2.75, 3.05) is 6.54 Å². The molecule has 5 nitrogen and oxygen atoms in total. The number of amides is 1. The molecule has 1 unspecified atom stereocenters. The van der Waals surface area contributed by atoms with Gasteiger partial charge >= 0.3 is 0 Å². The van der Waals surface area contributed by atoms with Gasteiger partial charge in [-0.05, 0) is 17.9 Å². The summed E-state index contributed by atoms with van der Waals surface area (Å²) in [7, 11) is -3.42. The molecule has 1 aliphatic heterocycles. The third-order valence-electron chi connectivity index (χ3n) is 2.35. The number of hydrogen-bond donors (Lipinski definition) is 2. The standard InChI is InChI=1S/C9H12N2O3S2/c12-8-4-3-7(6-10-8)11-16(13,14)9-2-1-5-15-9/h1-2,5,7,11H,3-4,6H2,(H,10,12). The number of nitrogens with one attached hydrogen (secondary N) is 2. The first-order chi connectivity index (χ1) is 7.58. The zero-order chi connectivity index (χ0) is 11.6. The van der Waals surface area contributed by atoms with Gasteiger partial charge in [-0.15, -0.1) is 11.3 Å². The third-order valence-corrected chi connectivity index (χ3v) is 5.27. The van der Waals surface area contributed by atoms with Crippen LogP contribution in [0.5, 0.6) is 0 Å². The normalized spacial score (nSPS) is 21.8. The molecule has 0 aliphatic carbocycles. The zero-order valence-corrected chi connectivity index (χ0v) is 10.1. The van der Waals surface area contributed by atoms with E-state index in [-0.39, 0.29) is 11.9 Å². The second kappa shape index (κ2) is 4.52. The molecular formula is C9H12N2O3S2. The van der Waals surface area contributed by atoms with Crippen LogP contribution in [0, 0.1) is 0 Å². The molecule has 16 heavy (non-hydrogen) atoms. The van der Waals surface area contributed by atoms with Gasteiger partial charge in [0.15, 0.2) is 0 Å². The highest BCUT2D eigenvalue weighted by molar-refractivity contribution is 7.91. The van der Waals surface area contributed by atoms with Gasteiger partial charge in [0.2, 0.25) is 15.9 Å². The maximum Gasteiger partial charge on any atom is 0.250 e. The van der Waals surface area contributed by atoms with Crippen LogP contribution >= 0.6 is 11.3 Å². The SMILES string of the molecule is O=C1CCC(NS(=O)(=O)c2cccs2)CN1. The lowest BCUT2D eigenvalue weighted by Gasteiger charge is -2.22. The Hall–Kier alpha value is -0.920. The van der Waals surface area contributed by atoms with Gasteiger partial charge in [0, 0.05) is 19.0 Å². The predicted octanol–water partition coefficient (Wildman–Crippen LogP) is 0.305. The fourth-order valence-electron chi connectivity index (χ4n) is 1.53. The molecular weight excluding hydrogens is 248 g/mol. The van der Waals surface area contributed by atoms with Crippen molar-refractivity contribution in [3.05, 3.63) is 17.5 Å². The molecule has 2 rings (SSSR count). The monoisotopic (exact) mass is 260 g/mol. The molecule has 1 aromatic rings. The Kier molecular flexibility index (Phi) is 3.27. The first kappa shape index (κ1) is 11.6. The van der Waals surface area contributed by atoms with Crippen LogP contribution in [0.15, 0.2) is 21.7 Å². The van der Waals surface area contributed by atoms with E-state index in [1.165, 1.54) is 11.3 Å². The van der Waals surface area contributed by atoms with E-state index >= 15 is 0 Å². The lowest BCUT2D eigenvalue weighted by Crippen LogP contribution is -2.47. The largest absolute Gasteiger partial charge is 0.355 e. The molecule has 1 aromatic heterocycles. The Morgan fingerprint density at radius 1 is 1.50 bits per heavy atom. The van der Waals surface area contributed by atoms with Crippen LogP contribution in [-0.2, 0) is 14.8 Å². The maximum absolute atomic E-state index is 11.8. The fraction of sp³-hybridized carbons (Fsp3) is 0.444. The topological polar surface area (TPSA) is 75.3 Å². The molecule has 2 heterocycles. The summed E-state index contributed by atoms with van der Waals surface area (Å²) in [6.45, 7) is 0.365. The van der Waals surface area contributed by atoms with Gasteiger partial charge in [0.25, 0.3) is 0 Å². The lowest BCUT2D eigenvalue weighted by atomic mass is 10.1. The highest BCUT2D eigenvalue weighted by atomic mass is 32.2. The van der Waals surface area contributed by atoms with Crippen molar-refractivity contribution in [3.63, 3.8) is 0 Å². The summed E-state index contributed by atoms with van der Waals surface area (Å²) in [6.07, 6.45) is 0.925. The minimum absolute atomic E-state index is 0.0217. The summed E-state index contributed by atoms with van der Waals surface area (Å²) in [4.78, 5) is 10.9. The van der Waals surface area contributed by atoms with Gasteiger partial charge in [-0.2, -0.15) is 0 Å². The highest BCUT2D eigenvalue weighted by Gasteiger charge is 2.24. The van der Waals surface area contributed by atoms with Crippen molar-refractivity contribution >= 4 is 27.3 Å². The first-order valence-electron chi connectivity index (χ1n) is 4.90. The predicted molar refractivity (Wildman–Crippen MR) is 60.7 cm³/mol. The van der Waals surface area contributed by atoms with Crippen LogP contribution in [0.4, 0.5) is 0 Å². The van der Waals surface area contributed by atoms with Crippen LogP contribution < -0.4 is 10.0 Å². The molecule has 0 aromatic carbocycles. The van der Waals surface area contributed by atoms with Crippen molar-refractivity contribution in [2.45, 2.75) is 23.1 Å². The Bertz CT molecular complexity index is 457. The van der Waals surface area contributed by atoms with E-state index in [0.717, 1.165) is 0 Å². The maximum atomic E-state index is 11.8. The third kappa shape index (κ3) is 2.60. The van der Waals surface area contributed by atoms with E-state index in [9.17, 15) is 13.2 Å². The Morgan fingerprint density at radius 2 is 2.31 bits per heavy atom. The number of carbonyl (C=O) groups is 1. The average Bonchev–Trinajstić information content (AvgIpc) is 2.75. The van der Waals surface area contributed by atoms with Gasteiger partial charge in [-0.25, -0.2) is 13.1 Å². The van der Waals surface area contributed by atoms with Crippen LogP contribution in [0.25, 0.3) is 0 Å². The van der Waals surface area contributed by atoms with Crippen LogP contribution in [0.3, 0.4) is 0 Å². The Balaban J connectivity index is 2.02. The number of hydrogen-bond acceptors (Lipinski definition) is 4. The molecule has 88 valence electrons. The van der Waals surface area contributed by atoms with E-state index in [1.54, 1.807) is 17.5 Å². The summed E-state index contributed by atoms with van der Waals surface area (Å²) in [6, 6.07) is 3.06. The summed E-state index contributed by atoms with van der Waals surface area (Å²) in [5, 5.41) is 4.36. The Labute approximate surface area is 97.9 Å². The van der Waals surface area contributed by atoms with Gasteiger partial charge < -0.3 is 5.32 Å². The van der Waals surface area contributed by atoms with Gasteiger partial charge in [0.05, 0.1) is 0 Å². The molecule has 0 bridgehead atoms. The number of carbonyl (C=O) groups excluding carboxylic acids is 1. The zero-order valence-electron chi connectivity index (χ0n) is 8.47. The summed E-state index contributed by atoms with van der Waals surface area (Å²) >= 11 is 1.18. The second-order valence-electron chi connectivity index (χ2n) is 3.59. The molecule has 1 amide bonds. The van der Waals surface area contributed by atoms with Crippen molar-refractivity contribution in [3.8, 4) is 0 Å². The molecule has 1 aliphatic rings. The summed E-state index contributed by atoms with van der Waals surface area (Å²) < 4.78 is 26.6. The number of sulfonamides is 1. The average molecular weight is 260 g/mol. The minimum atomic E-state index is -3.42. The molecule has 2 N–H and O–H groups in total. The molecule has 0 radical (unpaired) electrons. The van der Waals surface area contributed by atoms with Crippen molar-refractivity contribution < 1.29 is 13.2 Å². The molecule has 0 spiro atoms. The van der Waals surface area contributed by atoms with Crippen molar-refractivity contribution in [1.29, 1.82) is 0 Å². The van der Waals surface area contributed by atoms with E-state index in [1.807, 2.05) is 0 Å². The molecule has 1 atom stereocenters. The van der Waals surface area contributed by atoms with E-state index < -0.39 is 10.0 Å². The summed E-state index contributed by atoms with van der Waals surface area (Å²) in [5.41, 5.74) is 0. The number of piperidine rings is 1. The number of rotatable bonds is 3. The van der Waals surface area contributed by atoms with Gasteiger partial charge in [-0.3, -0.25) is 4.79 Å². The quantitative estimate of drug-likeness (QED) is 0.821. The van der Waals surface area contributed by atoms with Gasteiger partial charge in [0.1, 0.15) is 4.21 Å². The van der Waals surface area contributed by atoms with Crippen molar-refractivity contribution in [2.24, 2.45) is 0 Å². The van der Waals surface area contributed by atoms with Crippen molar-refractivity contribution in [1.82, 2.24) is 10.0 Å². The minimum Gasteiger partial charge on any atom is -0.355 e. The van der Waals surface area contributed by atoms with Crippen LogP contribution in [0.1, 0.15) is 12.8 Å². The second-order valence-corrected chi connectivity index (χ2v) is 6.48. The smallest absolute Gasteiger partial charge is 0.250 e. The molecule has 1 saturated heterocycles. The van der Waals surface area contributed by atoms with E-state index in [4.69, 9.17) is 0 Å². The van der Waals surface area contributed by atoms with E-state index in [2.05, 4.69) is 10.0 Å². The number of thiophene rings is 1. The fourth-order valence-corrected chi connectivity index (χ4v) is 3.81. The molecule has 1 fully saturated rings. The van der Waals surface area contributed by atoms with Crippen LogP contribution in [0.2, 0.25) is 0 Å². The first-order valence-corrected chi connectivity index (χ1v) is 7.27. The lowest BCUT2D eigenvalue weighted by molar-refractivity contribution is -0.122. The Morgan fingerprint density at radius 3 is 2.88 bits per heavy atom.